The largest absolute Gasteiger partial charge is 0.448 e. The van der Waals surface area contributed by atoms with Gasteiger partial charge in [-0.15, -0.1) is 0 Å². The predicted molar refractivity (Wildman–Crippen MR) is 54.9 cm³/mol. The van der Waals surface area contributed by atoms with E-state index >= 15 is 0 Å². The molecule has 82 valence electrons. The zero-order valence-corrected chi connectivity index (χ0v) is 8.74. The van der Waals surface area contributed by atoms with Crippen molar-refractivity contribution in [2.75, 3.05) is 26.3 Å². The van der Waals surface area contributed by atoms with Crippen LogP contribution in [0, 0.1) is 0 Å². The zero-order valence-electron chi connectivity index (χ0n) is 8.74. The molecule has 1 aromatic heterocycles. The molecule has 3 heterocycles. The predicted octanol–water partition coefficient (Wildman–Crippen LogP) is 1.26. The van der Waals surface area contributed by atoms with E-state index < -0.39 is 0 Å². The van der Waals surface area contributed by atoms with Gasteiger partial charge in [0.15, 0.2) is 5.89 Å². The van der Waals surface area contributed by atoms with Crippen molar-refractivity contribution >= 4 is 0 Å². The summed E-state index contributed by atoms with van der Waals surface area (Å²) in [7, 11) is 0. The molecule has 0 radical (unpaired) electrons. The molecule has 0 atom stereocenters. The molecule has 0 amide bonds. The number of hydrogen-bond donors (Lipinski definition) is 1. The molecule has 4 nitrogen and oxygen atoms in total. The first-order valence-electron chi connectivity index (χ1n) is 5.67. The highest BCUT2D eigenvalue weighted by Gasteiger charge is 2.26. The van der Waals surface area contributed by atoms with Crippen LogP contribution in [0.3, 0.4) is 0 Å². The van der Waals surface area contributed by atoms with E-state index in [9.17, 15) is 0 Å². The topological polar surface area (TPSA) is 47.3 Å². The normalized spacial score (nSPS) is 24.0. The van der Waals surface area contributed by atoms with Crippen LogP contribution >= 0.6 is 0 Å². The maximum absolute atomic E-state index is 5.53. The van der Waals surface area contributed by atoms with E-state index in [1.54, 1.807) is 0 Å². The van der Waals surface area contributed by atoms with Crippen molar-refractivity contribution in [1.82, 2.24) is 10.3 Å². The van der Waals surface area contributed by atoms with Crippen LogP contribution in [0.25, 0.3) is 0 Å². The molecule has 0 bridgehead atoms. The van der Waals surface area contributed by atoms with Gasteiger partial charge in [-0.2, -0.15) is 0 Å². The molecule has 4 heteroatoms. The van der Waals surface area contributed by atoms with Crippen molar-refractivity contribution in [3.8, 4) is 0 Å². The molecule has 1 aromatic rings. The van der Waals surface area contributed by atoms with Crippen molar-refractivity contribution in [3.05, 3.63) is 17.8 Å². The zero-order chi connectivity index (χ0) is 10.1. The fraction of sp³-hybridized carbons (Fsp3) is 0.727. The number of ether oxygens (including phenoxy) is 1. The Morgan fingerprint density at radius 2 is 2.00 bits per heavy atom. The monoisotopic (exact) mass is 208 g/mol. The molecule has 15 heavy (non-hydrogen) atoms. The molecule has 3 rings (SSSR count). The minimum absolute atomic E-state index is 0.499. The van der Waals surface area contributed by atoms with Gasteiger partial charge < -0.3 is 14.5 Å². The lowest BCUT2D eigenvalue weighted by Crippen LogP contribution is -2.40. The van der Waals surface area contributed by atoms with Gasteiger partial charge in [-0.3, -0.25) is 0 Å². The van der Waals surface area contributed by atoms with E-state index in [1.165, 1.54) is 0 Å². The highest BCUT2D eigenvalue weighted by Crippen LogP contribution is 2.28. The van der Waals surface area contributed by atoms with Crippen LogP contribution in [-0.2, 0) is 4.74 Å². The summed E-state index contributed by atoms with van der Waals surface area (Å²) >= 11 is 0. The Kier molecular flexibility index (Phi) is 2.46. The first-order valence-corrected chi connectivity index (χ1v) is 5.67. The first-order chi connectivity index (χ1) is 7.43. The highest BCUT2D eigenvalue weighted by molar-refractivity contribution is 5.09. The number of nitrogens with one attached hydrogen (secondary N) is 1. The van der Waals surface area contributed by atoms with Crippen molar-refractivity contribution in [2.24, 2.45) is 0 Å². The van der Waals surface area contributed by atoms with E-state index in [4.69, 9.17) is 9.15 Å². The molecule has 2 aliphatic heterocycles. The lowest BCUT2D eigenvalue weighted by atomic mass is 9.97. The summed E-state index contributed by atoms with van der Waals surface area (Å²) in [6.07, 6.45) is 3.99. The minimum atomic E-state index is 0.499. The first kappa shape index (κ1) is 9.36. The molecule has 0 saturated carbocycles. The number of rotatable bonds is 2. The van der Waals surface area contributed by atoms with Gasteiger partial charge in [0.25, 0.3) is 0 Å². The molecule has 2 aliphatic rings. The maximum atomic E-state index is 5.53. The lowest BCUT2D eigenvalue weighted by Gasteiger charge is -2.23. The molecule has 1 N–H and O–H groups in total. The lowest BCUT2D eigenvalue weighted by molar-refractivity contribution is 0.0845. The summed E-state index contributed by atoms with van der Waals surface area (Å²) in [6, 6.07) is 0. The molecule has 0 aliphatic carbocycles. The maximum Gasteiger partial charge on any atom is 0.199 e. The van der Waals surface area contributed by atoms with Crippen LogP contribution in [-0.4, -0.2) is 31.3 Å². The Bertz CT molecular complexity index is 327. The van der Waals surface area contributed by atoms with Gasteiger partial charge in [-0.05, 0) is 12.8 Å². The van der Waals surface area contributed by atoms with Gasteiger partial charge in [0.1, 0.15) is 6.26 Å². The van der Waals surface area contributed by atoms with Crippen LogP contribution in [0.1, 0.15) is 36.3 Å². The van der Waals surface area contributed by atoms with E-state index in [0.29, 0.717) is 11.8 Å². The van der Waals surface area contributed by atoms with E-state index in [1.807, 2.05) is 6.26 Å². The summed E-state index contributed by atoms with van der Waals surface area (Å²) in [4.78, 5) is 4.59. The van der Waals surface area contributed by atoms with Crippen molar-refractivity contribution in [3.63, 3.8) is 0 Å². The Labute approximate surface area is 89.0 Å². The van der Waals surface area contributed by atoms with Gasteiger partial charge >= 0.3 is 0 Å². The second-order valence-electron chi connectivity index (χ2n) is 4.35. The quantitative estimate of drug-likeness (QED) is 0.794. The van der Waals surface area contributed by atoms with Gasteiger partial charge in [-0.1, -0.05) is 0 Å². The van der Waals surface area contributed by atoms with Crippen LogP contribution in [0.4, 0.5) is 0 Å². The second kappa shape index (κ2) is 3.94. The summed E-state index contributed by atoms with van der Waals surface area (Å²) in [5, 5.41) is 3.23. The molecule has 0 spiro atoms. The number of oxazole rings is 1. The van der Waals surface area contributed by atoms with Gasteiger partial charge in [0.2, 0.25) is 0 Å². The Hall–Kier alpha value is -0.870. The second-order valence-corrected chi connectivity index (χ2v) is 4.35. The Balaban J connectivity index is 1.71. The van der Waals surface area contributed by atoms with Crippen LogP contribution in [0.2, 0.25) is 0 Å². The molecule has 2 fully saturated rings. The van der Waals surface area contributed by atoms with E-state index in [2.05, 4.69) is 10.3 Å². The number of hydrogen-bond acceptors (Lipinski definition) is 4. The van der Waals surface area contributed by atoms with Gasteiger partial charge in [-0.25, -0.2) is 4.98 Å². The number of nitrogens with zero attached hydrogens (tertiary/aromatic N) is 1. The molecule has 2 saturated heterocycles. The SMILES string of the molecule is c1oc(C2CNC2)nc1C1CCOCC1. The van der Waals surface area contributed by atoms with Gasteiger partial charge in [0.05, 0.1) is 11.6 Å². The van der Waals surface area contributed by atoms with Crippen molar-refractivity contribution in [1.29, 1.82) is 0 Å². The fourth-order valence-corrected chi connectivity index (χ4v) is 2.13. The molecular formula is C11H16N2O2. The average Bonchev–Trinajstić information content (AvgIpc) is 2.66. The highest BCUT2D eigenvalue weighted by atomic mass is 16.5. The molecular weight excluding hydrogens is 192 g/mol. The van der Waals surface area contributed by atoms with Crippen molar-refractivity contribution in [2.45, 2.75) is 24.7 Å². The minimum Gasteiger partial charge on any atom is -0.448 e. The fourth-order valence-electron chi connectivity index (χ4n) is 2.13. The van der Waals surface area contributed by atoms with Crippen molar-refractivity contribution < 1.29 is 9.15 Å². The summed E-state index contributed by atoms with van der Waals surface area (Å²) in [5.74, 6) is 1.96. The standard InChI is InChI=1S/C11H16N2O2/c1-3-14-4-2-8(1)10-7-15-11(13-10)9-5-12-6-9/h7-9,12H,1-6H2. The summed E-state index contributed by atoms with van der Waals surface area (Å²) in [5.41, 5.74) is 1.13. The number of aromatic nitrogens is 1. The Morgan fingerprint density at radius 3 is 2.67 bits per heavy atom. The third kappa shape index (κ3) is 1.79. The summed E-state index contributed by atoms with van der Waals surface area (Å²) in [6.45, 7) is 3.73. The Morgan fingerprint density at radius 1 is 1.20 bits per heavy atom. The summed E-state index contributed by atoms with van der Waals surface area (Å²) < 4.78 is 10.9. The van der Waals surface area contributed by atoms with Gasteiger partial charge in [0, 0.05) is 32.2 Å². The van der Waals surface area contributed by atoms with Crippen LogP contribution < -0.4 is 5.32 Å². The van der Waals surface area contributed by atoms with Crippen LogP contribution in [0.5, 0.6) is 0 Å². The average molecular weight is 208 g/mol. The third-order valence-electron chi connectivity index (χ3n) is 3.31. The van der Waals surface area contributed by atoms with E-state index in [-0.39, 0.29) is 0 Å². The molecule has 0 unspecified atom stereocenters. The molecule has 0 aromatic carbocycles. The van der Waals surface area contributed by atoms with E-state index in [0.717, 1.165) is 50.7 Å². The smallest absolute Gasteiger partial charge is 0.199 e. The third-order valence-corrected chi connectivity index (χ3v) is 3.31. The van der Waals surface area contributed by atoms with Crippen LogP contribution in [0.15, 0.2) is 10.7 Å².